The molecule has 1 amide bonds. The van der Waals surface area contributed by atoms with E-state index < -0.39 is 6.10 Å². The van der Waals surface area contributed by atoms with Gasteiger partial charge in [0.05, 0.1) is 12.0 Å². The number of likely N-dealkylation sites (N-methyl/N-ethyl adjacent to an activating group) is 1. The standard InChI is InChI=1S/C19H21N3O4S/c1-4-22(12-17-20-18(21-26-17)16-6-5-11-27-16)19(23)13(2)25-15-9-7-14(24-3)8-10-15/h5-11,13H,4,12H2,1-3H3. The van der Waals surface area contributed by atoms with Gasteiger partial charge in [0.25, 0.3) is 5.91 Å². The van der Waals surface area contributed by atoms with Crippen LogP contribution in [0.1, 0.15) is 19.7 Å². The minimum absolute atomic E-state index is 0.149. The monoisotopic (exact) mass is 387 g/mol. The summed E-state index contributed by atoms with van der Waals surface area (Å²) >= 11 is 1.53. The third-order valence-electron chi connectivity index (χ3n) is 3.95. The third-order valence-corrected chi connectivity index (χ3v) is 4.82. The molecule has 3 rings (SSSR count). The molecule has 0 saturated carbocycles. The van der Waals surface area contributed by atoms with Gasteiger partial charge in [0, 0.05) is 6.54 Å². The number of hydrogen-bond acceptors (Lipinski definition) is 7. The van der Waals surface area contributed by atoms with Crippen LogP contribution in [0.15, 0.2) is 46.3 Å². The Morgan fingerprint density at radius 1 is 1.26 bits per heavy atom. The largest absolute Gasteiger partial charge is 0.497 e. The van der Waals surface area contributed by atoms with Gasteiger partial charge in [-0.25, -0.2) is 0 Å². The predicted octanol–water partition coefficient (Wildman–Crippen LogP) is 3.62. The van der Waals surface area contributed by atoms with Crippen LogP contribution >= 0.6 is 11.3 Å². The van der Waals surface area contributed by atoms with E-state index in [1.54, 1.807) is 43.2 Å². The van der Waals surface area contributed by atoms with Crippen LogP contribution in [0.25, 0.3) is 10.7 Å². The summed E-state index contributed by atoms with van der Waals surface area (Å²) in [4.78, 5) is 19.7. The molecule has 1 atom stereocenters. The van der Waals surface area contributed by atoms with Crippen molar-refractivity contribution in [3.8, 4) is 22.2 Å². The summed E-state index contributed by atoms with van der Waals surface area (Å²) in [7, 11) is 1.60. The van der Waals surface area contributed by atoms with Gasteiger partial charge in [-0.15, -0.1) is 11.3 Å². The molecule has 2 aromatic heterocycles. The van der Waals surface area contributed by atoms with Gasteiger partial charge in [-0.05, 0) is 49.6 Å². The second-order valence-electron chi connectivity index (χ2n) is 5.78. The van der Waals surface area contributed by atoms with Gasteiger partial charge in [0.1, 0.15) is 18.0 Å². The minimum Gasteiger partial charge on any atom is -0.497 e. The molecular formula is C19H21N3O4S. The highest BCUT2D eigenvalue weighted by Crippen LogP contribution is 2.22. The van der Waals surface area contributed by atoms with E-state index in [1.165, 1.54) is 11.3 Å². The Kier molecular flexibility index (Phi) is 6.08. The molecule has 0 aliphatic rings. The number of rotatable bonds is 8. The minimum atomic E-state index is -0.641. The van der Waals surface area contributed by atoms with Gasteiger partial charge in [0.2, 0.25) is 11.7 Å². The van der Waals surface area contributed by atoms with Crippen molar-refractivity contribution in [3.63, 3.8) is 0 Å². The van der Waals surface area contributed by atoms with E-state index >= 15 is 0 Å². The van der Waals surface area contributed by atoms with Gasteiger partial charge < -0.3 is 18.9 Å². The summed E-state index contributed by atoms with van der Waals surface area (Å²) in [5.74, 6) is 2.11. The van der Waals surface area contributed by atoms with Crippen molar-refractivity contribution < 1.29 is 18.8 Å². The number of aromatic nitrogens is 2. The molecular weight excluding hydrogens is 366 g/mol. The van der Waals surface area contributed by atoms with Gasteiger partial charge in [0.15, 0.2) is 6.10 Å². The normalized spacial score (nSPS) is 11.8. The van der Waals surface area contributed by atoms with Crippen molar-refractivity contribution in [1.82, 2.24) is 15.0 Å². The van der Waals surface area contributed by atoms with E-state index in [4.69, 9.17) is 14.0 Å². The van der Waals surface area contributed by atoms with E-state index in [-0.39, 0.29) is 12.5 Å². The zero-order chi connectivity index (χ0) is 19.2. The molecule has 1 unspecified atom stereocenters. The average Bonchev–Trinajstić information content (AvgIpc) is 3.37. The summed E-state index contributed by atoms with van der Waals surface area (Å²) in [6.07, 6.45) is -0.641. The molecule has 0 bridgehead atoms. The smallest absolute Gasteiger partial charge is 0.263 e. The number of thiophene rings is 1. The first-order valence-electron chi connectivity index (χ1n) is 8.56. The van der Waals surface area contributed by atoms with Crippen molar-refractivity contribution in [2.45, 2.75) is 26.5 Å². The highest BCUT2D eigenvalue weighted by atomic mass is 32.1. The highest BCUT2D eigenvalue weighted by Gasteiger charge is 2.23. The number of amides is 1. The summed E-state index contributed by atoms with van der Waals surface area (Å²) in [5, 5.41) is 5.93. The lowest BCUT2D eigenvalue weighted by Gasteiger charge is -2.23. The number of methoxy groups -OCH3 is 1. The lowest BCUT2D eigenvalue weighted by atomic mass is 10.3. The number of benzene rings is 1. The fourth-order valence-corrected chi connectivity index (χ4v) is 3.15. The number of ether oxygens (including phenoxy) is 2. The number of hydrogen-bond donors (Lipinski definition) is 0. The number of carbonyl (C=O) groups excluding carboxylic acids is 1. The fraction of sp³-hybridized carbons (Fsp3) is 0.316. The maximum atomic E-state index is 12.7. The summed E-state index contributed by atoms with van der Waals surface area (Å²) in [6, 6.07) is 11.0. The lowest BCUT2D eigenvalue weighted by molar-refractivity contribution is -0.138. The maximum absolute atomic E-state index is 12.7. The fourth-order valence-electron chi connectivity index (χ4n) is 2.50. The van der Waals surface area contributed by atoms with Crippen LogP contribution in [0, 0.1) is 0 Å². The Morgan fingerprint density at radius 3 is 2.63 bits per heavy atom. The molecule has 2 heterocycles. The Hall–Kier alpha value is -2.87. The highest BCUT2D eigenvalue weighted by molar-refractivity contribution is 7.13. The van der Waals surface area contributed by atoms with Crippen LogP contribution in [0.3, 0.4) is 0 Å². The first kappa shape index (κ1) is 18.9. The third kappa shape index (κ3) is 4.65. The molecule has 0 N–H and O–H groups in total. The van der Waals surface area contributed by atoms with Gasteiger partial charge in [-0.1, -0.05) is 11.2 Å². The predicted molar refractivity (Wildman–Crippen MR) is 102 cm³/mol. The number of carbonyl (C=O) groups is 1. The lowest BCUT2D eigenvalue weighted by Crippen LogP contribution is -2.40. The van der Waals surface area contributed by atoms with E-state index in [1.807, 2.05) is 24.4 Å². The molecule has 0 radical (unpaired) electrons. The van der Waals surface area contributed by atoms with Crippen molar-refractivity contribution in [1.29, 1.82) is 0 Å². The molecule has 27 heavy (non-hydrogen) atoms. The molecule has 8 heteroatoms. The Bertz CT molecular complexity index is 861. The van der Waals surface area contributed by atoms with Crippen LogP contribution < -0.4 is 9.47 Å². The van der Waals surface area contributed by atoms with Crippen LogP contribution in [-0.4, -0.2) is 40.7 Å². The van der Waals surface area contributed by atoms with Crippen molar-refractivity contribution in [3.05, 3.63) is 47.7 Å². The van der Waals surface area contributed by atoms with E-state index in [2.05, 4.69) is 10.1 Å². The zero-order valence-electron chi connectivity index (χ0n) is 15.4. The van der Waals surface area contributed by atoms with Crippen LogP contribution in [0.4, 0.5) is 0 Å². The Labute approximate surface area is 161 Å². The van der Waals surface area contributed by atoms with Crippen molar-refractivity contribution >= 4 is 17.2 Å². The van der Waals surface area contributed by atoms with Crippen LogP contribution in [0.2, 0.25) is 0 Å². The van der Waals surface area contributed by atoms with Crippen molar-refractivity contribution in [2.24, 2.45) is 0 Å². The molecule has 3 aromatic rings. The van der Waals surface area contributed by atoms with Gasteiger partial charge in [-0.3, -0.25) is 4.79 Å². The first-order chi connectivity index (χ1) is 13.1. The maximum Gasteiger partial charge on any atom is 0.263 e. The average molecular weight is 387 g/mol. The zero-order valence-corrected chi connectivity index (χ0v) is 16.2. The summed E-state index contributed by atoms with van der Waals surface area (Å²) in [6.45, 7) is 4.37. The molecule has 142 valence electrons. The molecule has 0 spiro atoms. The molecule has 0 fully saturated rings. The SMILES string of the molecule is CCN(Cc1nc(-c2cccs2)no1)C(=O)C(C)Oc1ccc(OC)cc1. The van der Waals surface area contributed by atoms with Crippen LogP contribution in [0.5, 0.6) is 11.5 Å². The Morgan fingerprint density at radius 2 is 2.00 bits per heavy atom. The quantitative estimate of drug-likeness (QED) is 0.587. The topological polar surface area (TPSA) is 77.7 Å². The van der Waals surface area contributed by atoms with E-state index in [0.717, 1.165) is 10.6 Å². The summed E-state index contributed by atoms with van der Waals surface area (Å²) < 4.78 is 16.2. The second-order valence-corrected chi connectivity index (χ2v) is 6.72. The van der Waals surface area contributed by atoms with E-state index in [0.29, 0.717) is 24.0 Å². The molecule has 0 saturated heterocycles. The van der Waals surface area contributed by atoms with E-state index in [9.17, 15) is 4.79 Å². The Balaban J connectivity index is 1.62. The summed E-state index contributed by atoms with van der Waals surface area (Å²) in [5.41, 5.74) is 0. The molecule has 7 nitrogen and oxygen atoms in total. The first-order valence-corrected chi connectivity index (χ1v) is 9.44. The van der Waals surface area contributed by atoms with Gasteiger partial charge >= 0.3 is 0 Å². The number of nitrogens with zero attached hydrogens (tertiary/aromatic N) is 3. The van der Waals surface area contributed by atoms with Gasteiger partial charge in [-0.2, -0.15) is 4.98 Å². The second kappa shape index (κ2) is 8.68. The van der Waals surface area contributed by atoms with Crippen molar-refractivity contribution in [2.75, 3.05) is 13.7 Å². The van der Waals surface area contributed by atoms with Crippen LogP contribution in [-0.2, 0) is 11.3 Å². The molecule has 0 aliphatic carbocycles. The molecule has 1 aromatic carbocycles. The molecule has 0 aliphatic heterocycles.